The molecule has 1 aromatic heterocycles. The van der Waals surface area contributed by atoms with Crippen molar-refractivity contribution in [2.75, 3.05) is 32.1 Å². The van der Waals surface area contributed by atoms with Crippen LogP contribution in [0.1, 0.15) is 11.1 Å². The average Bonchev–Trinajstić information content (AvgIpc) is 2.70. The van der Waals surface area contributed by atoms with Gasteiger partial charge in [0, 0.05) is 45.5 Å². The number of aromatic nitrogens is 1. The van der Waals surface area contributed by atoms with Gasteiger partial charge in [0.1, 0.15) is 24.0 Å². The lowest BCUT2D eigenvalue weighted by Crippen LogP contribution is -2.25. The fourth-order valence-electron chi connectivity index (χ4n) is 2.61. The molecular formula is C17H20FN3O. The zero-order valence-electron chi connectivity index (χ0n) is 12.9. The van der Waals surface area contributed by atoms with E-state index in [-0.39, 0.29) is 5.82 Å². The second kappa shape index (κ2) is 6.32. The number of fused-ring (bicyclic) bond motifs is 1. The number of hydrogen-bond acceptors (Lipinski definition) is 4. The van der Waals surface area contributed by atoms with E-state index >= 15 is 0 Å². The third kappa shape index (κ3) is 3.20. The number of nitrogens with zero attached hydrogens (tertiary/aromatic N) is 3. The van der Waals surface area contributed by atoms with Crippen LogP contribution in [0.3, 0.4) is 0 Å². The Hall–Kier alpha value is -2.14. The van der Waals surface area contributed by atoms with Crippen LogP contribution in [-0.2, 0) is 13.1 Å². The Balaban J connectivity index is 1.79. The molecule has 4 nitrogen and oxygen atoms in total. The standard InChI is InChI=1S/C17H20FN3O/c1-20(2)17-10-13(6-7-19-17)11-21-8-9-22-16-5-3-4-15(18)14(16)12-21/h3-7,10H,8-9,11-12H2,1-2H3. The predicted octanol–water partition coefficient (Wildman–Crippen LogP) is 2.68. The van der Waals surface area contributed by atoms with Gasteiger partial charge in [-0.25, -0.2) is 9.37 Å². The van der Waals surface area contributed by atoms with E-state index < -0.39 is 0 Å². The van der Waals surface area contributed by atoms with Crippen molar-refractivity contribution in [1.82, 2.24) is 9.88 Å². The minimum atomic E-state index is -0.201. The van der Waals surface area contributed by atoms with E-state index in [1.54, 1.807) is 6.07 Å². The Kier molecular flexibility index (Phi) is 4.24. The van der Waals surface area contributed by atoms with Crippen LogP contribution in [0.5, 0.6) is 5.75 Å². The Morgan fingerprint density at radius 2 is 2.18 bits per heavy atom. The summed E-state index contributed by atoms with van der Waals surface area (Å²) >= 11 is 0. The van der Waals surface area contributed by atoms with Gasteiger partial charge in [-0.15, -0.1) is 0 Å². The maximum atomic E-state index is 14.0. The van der Waals surface area contributed by atoms with E-state index in [1.807, 2.05) is 37.3 Å². The first kappa shape index (κ1) is 14.8. The molecule has 22 heavy (non-hydrogen) atoms. The molecule has 116 valence electrons. The molecule has 0 bridgehead atoms. The molecule has 0 N–H and O–H groups in total. The molecule has 3 rings (SSSR count). The summed E-state index contributed by atoms with van der Waals surface area (Å²) in [5.41, 5.74) is 1.81. The van der Waals surface area contributed by atoms with Crippen molar-refractivity contribution in [3.05, 3.63) is 53.5 Å². The van der Waals surface area contributed by atoms with Gasteiger partial charge in [-0.3, -0.25) is 4.90 Å². The molecule has 0 saturated heterocycles. The van der Waals surface area contributed by atoms with Crippen LogP contribution in [-0.4, -0.2) is 37.1 Å². The van der Waals surface area contributed by atoms with Gasteiger partial charge < -0.3 is 9.64 Å². The number of hydrogen-bond donors (Lipinski definition) is 0. The smallest absolute Gasteiger partial charge is 0.131 e. The van der Waals surface area contributed by atoms with E-state index in [2.05, 4.69) is 16.0 Å². The first-order valence-corrected chi connectivity index (χ1v) is 7.38. The maximum absolute atomic E-state index is 14.0. The van der Waals surface area contributed by atoms with Gasteiger partial charge in [0.2, 0.25) is 0 Å². The summed E-state index contributed by atoms with van der Waals surface area (Å²) in [6, 6.07) is 9.08. The van der Waals surface area contributed by atoms with Crippen LogP contribution in [0.2, 0.25) is 0 Å². The fraction of sp³-hybridized carbons (Fsp3) is 0.353. The summed E-state index contributed by atoms with van der Waals surface area (Å²) in [6.07, 6.45) is 1.81. The highest BCUT2D eigenvalue weighted by atomic mass is 19.1. The molecule has 1 aromatic carbocycles. The van der Waals surface area contributed by atoms with Crippen molar-refractivity contribution in [1.29, 1.82) is 0 Å². The number of ether oxygens (including phenoxy) is 1. The number of pyridine rings is 1. The normalized spacial score (nSPS) is 14.9. The Morgan fingerprint density at radius 1 is 1.32 bits per heavy atom. The first-order valence-electron chi connectivity index (χ1n) is 7.38. The SMILES string of the molecule is CN(C)c1cc(CN2CCOc3cccc(F)c3C2)ccn1. The first-order chi connectivity index (χ1) is 10.6. The summed E-state index contributed by atoms with van der Waals surface area (Å²) < 4.78 is 19.7. The molecule has 0 radical (unpaired) electrons. The van der Waals surface area contributed by atoms with Crippen molar-refractivity contribution in [2.24, 2.45) is 0 Å². The number of rotatable bonds is 3. The third-order valence-electron chi connectivity index (χ3n) is 3.80. The summed E-state index contributed by atoms with van der Waals surface area (Å²) in [4.78, 5) is 8.50. The monoisotopic (exact) mass is 301 g/mol. The lowest BCUT2D eigenvalue weighted by atomic mass is 10.1. The maximum Gasteiger partial charge on any atom is 0.131 e. The molecule has 0 spiro atoms. The molecular weight excluding hydrogens is 281 g/mol. The highest BCUT2D eigenvalue weighted by molar-refractivity contribution is 5.39. The van der Waals surface area contributed by atoms with Crippen molar-refractivity contribution < 1.29 is 9.13 Å². The molecule has 1 aliphatic rings. The van der Waals surface area contributed by atoms with Gasteiger partial charge in [0.05, 0.1) is 0 Å². The summed E-state index contributed by atoms with van der Waals surface area (Å²) in [5, 5.41) is 0. The van der Waals surface area contributed by atoms with E-state index in [0.29, 0.717) is 24.5 Å². The Labute approximate surface area is 130 Å². The van der Waals surface area contributed by atoms with E-state index in [0.717, 1.165) is 18.9 Å². The van der Waals surface area contributed by atoms with E-state index in [9.17, 15) is 4.39 Å². The van der Waals surface area contributed by atoms with Crippen LogP contribution in [0.25, 0.3) is 0 Å². The van der Waals surface area contributed by atoms with Gasteiger partial charge in [0.15, 0.2) is 0 Å². The highest BCUT2D eigenvalue weighted by Crippen LogP contribution is 2.26. The Bertz CT molecular complexity index is 660. The molecule has 0 unspecified atom stereocenters. The lowest BCUT2D eigenvalue weighted by molar-refractivity contribution is 0.219. The summed E-state index contributed by atoms with van der Waals surface area (Å²) in [5.74, 6) is 1.38. The third-order valence-corrected chi connectivity index (χ3v) is 3.80. The van der Waals surface area contributed by atoms with Gasteiger partial charge in [-0.05, 0) is 29.8 Å². The minimum absolute atomic E-state index is 0.201. The number of anilines is 1. The molecule has 0 saturated carbocycles. The van der Waals surface area contributed by atoms with Crippen LogP contribution in [0, 0.1) is 5.82 Å². The second-order valence-electron chi connectivity index (χ2n) is 5.69. The second-order valence-corrected chi connectivity index (χ2v) is 5.69. The highest BCUT2D eigenvalue weighted by Gasteiger charge is 2.18. The van der Waals surface area contributed by atoms with Crippen molar-refractivity contribution in [3.8, 4) is 5.75 Å². The minimum Gasteiger partial charge on any atom is -0.492 e. The molecule has 0 amide bonds. The van der Waals surface area contributed by atoms with Crippen LogP contribution in [0.15, 0.2) is 36.5 Å². The summed E-state index contributed by atoms with van der Waals surface area (Å²) in [7, 11) is 3.94. The van der Waals surface area contributed by atoms with Crippen LogP contribution in [0.4, 0.5) is 10.2 Å². The number of benzene rings is 1. The van der Waals surface area contributed by atoms with Gasteiger partial charge in [-0.2, -0.15) is 0 Å². The van der Waals surface area contributed by atoms with E-state index in [4.69, 9.17) is 4.74 Å². The summed E-state index contributed by atoms with van der Waals surface area (Å²) in [6.45, 7) is 2.65. The molecule has 2 heterocycles. The zero-order chi connectivity index (χ0) is 15.5. The average molecular weight is 301 g/mol. The van der Waals surface area contributed by atoms with Crippen molar-refractivity contribution in [3.63, 3.8) is 0 Å². The Morgan fingerprint density at radius 3 is 3.00 bits per heavy atom. The fourth-order valence-corrected chi connectivity index (χ4v) is 2.61. The van der Waals surface area contributed by atoms with Crippen LogP contribution >= 0.6 is 0 Å². The van der Waals surface area contributed by atoms with Crippen molar-refractivity contribution >= 4 is 5.82 Å². The molecule has 1 aliphatic heterocycles. The molecule has 0 aliphatic carbocycles. The van der Waals surface area contributed by atoms with Crippen molar-refractivity contribution in [2.45, 2.75) is 13.1 Å². The topological polar surface area (TPSA) is 28.6 Å². The molecule has 0 fully saturated rings. The van der Waals surface area contributed by atoms with E-state index in [1.165, 1.54) is 11.6 Å². The zero-order valence-corrected chi connectivity index (χ0v) is 12.9. The largest absolute Gasteiger partial charge is 0.492 e. The molecule has 2 aromatic rings. The molecule has 0 atom stereocenters. The molecule has 5 heteroatoms. The van der Waals surface area contributed by atoms with Crippen LogP contribution < -0.4 is 9.64 Å². The van der Waals surface area contributed by atoms with Gasteiger partial charge in [-0.1, -0.05) is 6.07 Å². The number of halogens is 1. The van der Waals surface area contributed by atoms with Gasteiger partial charge >= 0.3 is 0 Å². The predicted molar refractivity (Wildman–Crippen MR) is 84.6 cm³/mol. The lowest BCUT2D eigenvalue weighted by Gasteiger charge is -2.20. The quantitative estimate of drug-likeness (QED) is 0.871. The van der Waals surface area contributed by atoms with Gasteiger partial charge in [0.25, 0.3) is 0 Å².